The minimum atomic E-state index is -0.153. The number of ether oxygens (including phenoxy) is 2. The van der Waals surface area contributed by atoms with Gasteiger partial charge in [0.15, 0.2) is 0 Å². The Balaban J connectivity index is 1.92. The van der Waals surface area contributed by atoms with Crippen LogP contribution in [0.5, 0.6) is 11.5 Å². The van der Waals surface area contributed by atoms with Crippen molar-refractivity contribution in [2.24, 2.45) is 0 Å². The molecule has 0 spiro atoms. The molecule has 0 aliphatic carbocycles. The van der Waals surface area contributed by atoms with Crippen LogP contribution in [-0.2, 0) is 4.79 Å². The molecule has 0 unspecified atom stereocenters. The van der Waals surface area contributed by atoms with E-state index in [1.54, 1.807) is 12.1 Å². The van der Waals surface area contributed by atoms with Gasteiger partial charge in [0.2, 0.25) is 5.91 Å². The van der Waals surface area contributed by atoms with Gasteiger partial charge in [-0.1, -0.05) is 30.9 Å². The number of carbonyl (C=O) groups excluding carboxylic acids is 1. The first-order valence-corrected chi connectivity index (χ1v) is 8.21. The SMILES string of the molecule is C=CCOc1cccc(NC(=O)CNc2ccccc2OC(C)C)c1. The topological polar surface area (TPSA) is 59.6 Å². The Morgan fingerprint density at radius 3 is 2.76 bits per heavy atom. The summed E-state index contributed by atoms with van der Waals surface area (Å²) in [6.45, 7) is 8.10. The van der Waals surface area contributed by atoms with Crippen LogP contribution in [0.4, 0.5) is 11.4 Å². The zero-order chi connectivity index (χ0) is 18.1. The molecule has 0 aliphatic rings. The van der Waals surface area contributed by atoms with Gasteiger partial charge in [-0.05, 0) is 38.1 Å². The number of hydrogen-bond donors (Lipinski definition) is 2. The molecule has 0 saturated carbocycles. The number of para-hydroxylation sites is 2. The molecule has 5 heteroatoms. The Morgan fingerprint density at radius 1 is 1.20 bits per heavy atom. The van der Waals surface area contributed by atoms with Gasteiger partial charge in [0.05, 0.1) is 18.3 Å². The van der Waals surface area contributed by atoms with Crippen LogP contribution in [0.25, 0.3) is 0 Å². The first-order valence-electron chi connectivity index (χ1n) is 8.21. The van der Waals surface area contributed by atoms with Crippen LogP contribution in [0.1, 0.15) is 13.8 Å². The van der Waals surface area contributed by atoms with Crippen molar-refractivity contribution in [1.29, 1.82) is 0 Å². The summed E-state index contributed by atoms with van der Waals surface area (Å²) in [5, 5.41) is 5.95. The average molecular weight is 340 g/mol. The van der Waals surface area contributed by atoms with E-state index in [1.165, 1.54) is 0 Å². The van der Waals surface area contributed by atoms with Gasteiger partial charge in [-0.15, -0.1) is 0 Å². The summed E-state index contributed by atoms with van der Waals surface area (Å²) in [6.07, 6.45) is 1.74. The van der Waals surface area contributed by atoms with Gasteiger partial charge in [-0.2, -0.15) is 0 Å². The second kappa shape index (κ2) is 9.37. The Labute approximate surface area is 148 Å². The summed E-state index contributed by atoms with van der Waals surface area (Å²) in [4.78, 5) is 12.2. The highest BCUT2D eigenvalue weighted by Crippen LogP contribution is 2.24. The lowest BCUT2D eigenvalue weighted by molar-refractivity contribution is -0.114. The summed E-state index contributed by atoms with van der Waals surface area (Å²) in [5.41, 5.74) is 1.47. The first kappa shape index (κ1) is 18.4. The van der Waals surface area contributed by atoms with E-state index in [0.717, 1.165) is 11.4 Å². The minimum Gasteiger partial charge on any atom is -0.489 e. The van der Waals surface area contributed by atoms with Crippen LogP contribution in [-0.4, -0.2) is 25.2 Å². The Hall–Kier alpha value is -2.95. The van der Waals surface area contributed by atoms with E-state index >= 15 is 0 Å². The van der Waals surface area contributed by atoms with E-state index in [-0.39, 0.29) is 18.6 Å². The van der Waals surface area contributed by atoms with E-state index in [1.807, 2.05) is 56.3 Å². The van der Waals surface area contributed by atoms with Gasteiger partial charge in [0, 0.05) is 11.8 Å². The quantitative estimate of drug-likeness (QED) is 0.675. The fourth-order valence-corrected chi connectivity index (χ4v) is 2.17. The van der Waals surface area contributed by atoms with Crippen molar-refractivity contribution in [3.8, 4) is 11.5 Å². The lowest BCUT2D eigenvalue weighted by Crippen LogP contribution is -2.22. The van der Waals surface area contributed by atoms with Crippen molar-refractivity contribution in [2.45, 2.75) is 20.0 Å². The molecule has 0 aromatic heterocycles. The van der Waals surface area contributed by atoms with E-state index in [4.69, 9.17) is 9.47 Å². The molecule has 0 bridgehead atoms. The summed E-state index contributed by atoms with van der Waals surface area (Å²) < 4.78 is 11.2. The number of anilines is 2. The second-order valence-electron chi connectivity index (χ2n) is 5.69. The number of amides is 1. The fraction of sp³-hybridized carbons (Fsp3) is 0.250. The van der Waals surface area contributed by atoms with Crippen molar-refractivity contribution in [3.63, 3.8) is 0 Å². The van der Waals surface area contributed by atoms with Gasteiger partial charge in [0.25, 0.3) is 0 Å². The highest BCUT2D eigenvalue weighted by atomic mass is 16.5. The first-order chi connectivity index (χ1) is 12.1. The zero-order valence-corrected chi connectivity index (χ0v) is 14.6. The minimum absolute atomic E-state index is 0.0649. The lowest BCUT2D eigenvalue weighted by Gasteiger charge is -2.15. The molecule has 2 aromatic rings. The smallest absolute Gasteiger partial charge is 0.243 e. The fourth-order valence-electron chi connectivity index (χ4n) is 2.17. The summed E-state index contributed by atoms with van der Waals surface area (Å²) in [6, 6.07) is 14.8. The zero-order valence-electron chi connectivity index (χ0n) is 14.6. The number of benzene rings is 2. The summed E-state index contributed by atoms with van der Waals surface area (Å²) in [7, 11) is 0. The molecule has 0 atom stereocenters. The standard InChI is InChI=1S/C20H24N2O3/c1-4-12-24-17-9-7-8-16(13-17)22-20(23)14-21-18-10-5-6-11-19(18)25-15(2)3/h4-11,13,15,21H,1,12,14H2,2-3H3,(H,22,23). The van der Waals surface area contributed by atoms with Crippen molar-refractivity contribution in [3.05, 3.63) is 61.2 Å². The highest BCUT2D eigenvalue weighted by molar-refractivity contribution is 5.94. The average Bonchev–Trinajstić information content (AvgIpc) is 2.59. The summed E-state index contributed by atoms with van der Waals surface area (Å²) >= 11 is 0. The van der Waals surface area contributed by atoms with Crippen molar-refractivity contribution >= 4 is 17.3 Å². The molecule has 0 heterocycles. The monoisotopic (exact) mass is 340 g/mol. The molecule has 2 aromatic carbocycles. The van der Waals surface area contributed by atoms with Gasteiger partial charge in [0.1, 0.15) is 18.1 Å². The molecule has 2 rings (SSSR count). The molecule has 0 radical (unpaired) electrons. The molecule has 132 valence electrons. The number of carbonyl (C=O) groups is 1. The highest BCUT2D eigenvalue weighted by Gasteiger charge is 2.07. The molecule has 0 fully saturated rings. The predicted octanol–water partition coefficient (Wildman–Crippen LogP) is 4.09. The van der Waals surface area contributed by atoms with Gasteiger partial charge in [-0.3, -0.25) is 4.79 Å². The third-order valence-electron chi connectivity index (χ3n) is 3.17. The predicted molar refractivity (Wildman–Crippen MR) is 101 cm³/mol. The third-order valence-corrected chi connectivity index (χ3v) is 3.17. The van der Waals surface area contributed by atoms with Crippen LogP contribution in [0.15, 0.2) is 61.2 Å². The number of nitrogens with one attached hydrogen (secondary N) is 2. The van der Waals surface area contributed by atoms with E-state index in [2.05, 4.69) is 17.2 Å². The van der Waals surface area contributed by atoms with Crippen molar-refractivity contribution in [2.75, 3.05) is 23.8 Å². The largest absolute Gasteiger partial charge is 0.489 e. The molecule has 0 aliphatic heterocycles. The molecular formula is C20H24N2O3. The van der Waals surface area contributed by atoms with Crippen LogP contribution < -0.4 is 20.1 Å². The van der Waals surface area contributed by atoms with Crippen LogP contribution in [0.2, 0.25) is 0 Å². The number of rotatable bonds is 9. The molecule has 5 nitrogen and oxygen atoms in total. The van der Waals surface area contributed by atoms with Crippen molar-refractivity contribution < 1.29 is 14.3 Å². The normalized spacial score (nSPS) is 10.2. The molecule has 2 N–H and O–H groups in total. The number of hydrogen-bond acceptors (Lipinski definition) is 4. The van der Waals surface area contributed by atoms with Crippen LogP contribution in [0.3, 0.4) is 0 Å². The van der Waals surface area contributed by atoms with E-state index in [9.17, 15) is 4.79 Å². The maximum atomic E-state index is 12.2. The Morgan fingerprint density at radius 2 is 2.00 bits per heavy atom. The summed E-state index contributed by atoms with van der Waals surface area (Å²) in [5.74, 6) is 1.26. The molecular weight excluding hydrogens is 316 g/mol. The van der Waals surface area contributed by atoms with Crippen LogP contribution >= 0.6 is 0 Å². The van der Waals surface area contributed by atoms with Gasteiger partial charge < -0.3 is 20.1 Å². The molecule has 0 saturated heterocycles. The molecule has 1 amide bonds. The Bertz CT molecular complexity index is 714. The maximum Gasteiger partial charge on any atom is 0.243 e. The second-order valence-corrected chi connectivity index (χ2v) is 5.69. The van der Waals surface area contributed by atoms with E-state index in [0.29, 0.717) is 18.0 Å². The third kappa shape index (κ3) is 6.22. The van der Waals surface area contributed by atoms with E-state index < -0.39 is 0 Å². The van der Waals surface area contributed by atoms with Gasteiger partial charge >= 0.3 is 0 Å². The molecule has 25 heavy (non-hydrogen) atoms. The van der Waals surface area contributed by atoms with Gasteiger partial charge in [-0.25, -0.2) is 0 Å². The lowest BCUT2D eigenvalue weighted by atomic mass is 10.2. The maximum absolute atomic E-state index is 12.2. The van der Waals surface area contributed by atoms with Crippen molar-refractivity contribution in [1.82, 2.24) is 0 Å². The Kier molecular flexibility index (Phi) is 6.89. The van der Waals surface area contributed by atoms with Crippen LogP contribution in [0, 0.1) is 0 Å².